The third kappa shape index (κ3) is 2.56. The van der Waals surface area contributed by atoms with Crippen LogP contribution >= 0.6 is 11.6 Å². The molecule has 1 aliphatic heterocycles. The van der Waals surface area contributed by atoms with Crippen LogP contribution < -0.4 is 0 Å². The minimum absolute atomic E-state index is 0.0648. The molecule has 5 heteroatoms. The van der Waals surface area contributed by atoms with E-state index in [4.69, 9.17) is 11.6 Å². The summed E-state index contributed by atoms with van der Waals surface area (Å²) in [6.07, 6.45) is 2.82. The Morgan fingerprint density at radius 1 is 1.33 bits per heavy atom. The number of aryl methyl sites for hydroxylation is 1. The summed E-state index contributed by atoms with van der Waals surface area (Å²) in [5.41, 5.74) is 0.788. The Labute approximate surface area is 114 Å². The van der Waals surface area contributed by atoms with Crippen molar-refractivity contribution < 1.29 is 8.42 Å². The normalized spacial score (nSPS) is 22.0. The van der Waals surface area contributed by atoms with Gasteiger partial charge in [0.05, 0.1) is 4.90 Å². The van der Waals surface area contributed by atoms with E-state index in [0.717, 1.165) is 24.8 Å². The average Bonchev–Trinajstić information content (AvgIpc) is 2.39. The molecule has 0 aromatic heterocycles. The van der Waals surface area contributed by atoms with E-state index in [1.54, 1.807) is 16.4 Å². The SMILES string of the molecule is Cc1ccccc1S(=O)(=O)N1CCCCC1CCl. The number of hydrogen-bond donors (Lipinski definition) is 0. The topological polar surface area (TPSA) is 37.4 Å². The maximum Gasteiger partial charge on any atom is 0.243 e. The molecule has 1 aromatic rings. The van der Waals surface area contributed by atoms with Crippen molar-refractivity contribution >= 4 is 21.6 Å². The monoisotopic (exact) mass is 287 g/mol. The molecule has 0 aliphatic carbocycles. The summed E-state index contributed by atoms with van der Waals surface area (Å²) in [5.74, 6) is 0.366. The highest BCUT2D eigenvalue weighted by Crippen LogP contribution is 2.27. The predicted molar refractivity (Wildman–Crippen MR) is 73.4 cm³/mol. The van der Waals surface area contributed by atoms with Gasteiger partial charge in [-0.2, -0.15) is 4.31 Å². The van der Waals surface area contributed by atoms with Gasteiger partial charge in [-0.25, -0.2) is 8.42 Å². The number of rotatable bonds is 3. The van der Waals surface area contributed by atoms with Crippen molar-refractivity contribution in [3.8, 4) is 0 Å². The van der Waals surface area contributed by atoms with Gasteiger partial charge in [0.2, 0.25) is 10.0 Å². The summed E-state index contributed by atoms with van der Waals surface area (Å²) in [6, 6.07) is 7.05. The van der Waals surface area contributed by atoms with E-state index in [1.165, 1.54) is 0 Å². The van der Waals surface area contributed by atoms with Gasteiger partial charge in [-0.1, -0.05) is 24.6 Å². The lowest BCUT2D eigenvalue weighted by atomic mass is 10.1. The Kier molecular flexibility index (Phi) is 4.30. The van der Waals surface area contributed by atoms with Crippen molar-refractivity contribution in [3.05, 3.63) is 29.8 Å². The van der Waals surface area contributed by atoms with Crippen LogP contribution in [0.2, 0.25) is 0 Å². The van der Waals surface area contributed by atoms with Gasteiger partial charge in [0.15, 0.2) is 0 Å². The highest BCUT2D eigenvalue weighted by Gasteiger charge is 2.33. The van der Waals surface area contributed by atoms with Gasteiger partial charge in [-0.05, 0) is 31.4 Å². The maximum absolute atomic E-state index is 12.6. The molecule has 0 N–H and O–H groups in total. The third-order valence-electron chi connectivity index (χ3n) is 3.43. The van der Waals surface area contributed by atoms with Crippen LogP contribution in [-0.4, -0.2) is 31.2 Å². The quantitative estimate of drug-likeness (QED) is 0.802. The van der Waals surface area contributed by atoms with Gasteiger partial charge >= 0.3 is 0 Å². The van der Waals surface area contributed by atoms with Crippen LogP contribution in [0.3, 0.4) is 0 Å². The second kappa shape index (κ2) is 5.59. The summed E-state index contributed by atoms with van der Waals surface area (Å²) in [6.45, 7) is 2.40. The molecule has 0 radical (unpaired) electrons. The van der Waals surface area contributed by atoms with Gasteiger partial charge in [0, 0.05) is 18.5 Å². The number of alkyl halides is 1. The Hall–Kier alpha value is -0.580. The summed E-state index contributed by atoms with van der Waals surface area (Å²) in [7, 11) is -3.41. The molecule has 18 heavy (non-hydrogen) atoms. The van der Waals surface area contributed by atoms with Gasteiger partial charge < -0.3 is 0 Å². The van der Waals surface area contributed by atoms with Crippen molar-refractivity contribution in [2.75, 3.05) is 12.4 Å². The lowest BCUT2D eigenvalue weighted by Gasteiger charge is -2.33. The largest absolute Gasteiger partial charge is 0.243 e. The molecule has 0 bridgehead atoms. The van der Waals surface area contributed by atoms with E-state index in [1.807, 2.05) is 19.1 Å². The van der Waals surface area contributed by atoms with Crippen LogP contribution in [0.25, 0.3) is 0 Å². The van der Waals surface area contributed by atoms with Crippen molar-refractivity contribution in [3.63, 3.8) is 0 Å². The summed E-state index contributed by atoms with van der Waals surface area (Å²) >= 11 is 5.90. The van der Waals surface area contributed by atoms with Crippen LogP contribution in [0.1, 0.15) is 24.8 Å². The van der Waals surface area contributed by atoms with Crippen molar-refractivity contribution in [1.29, 1.82) is 0 Å². The van der Waals surface area contributed by atoms with Gasteiger partial charge in [0.1, 0.15) is 0 Å². The number of piperidine rings is 1. The van der Waals surface area contributed by atoms with Crippen LogP contribution in [0.15, 0.2) is 29.2 Å². The highest BCUT2D eigenvalue weighted by atomic mass is 35.5. The molecule has 1 aromatic carbocycles. The average molecular weight is 288 g/mol. The fraction of sp³-hybridized carbons (Fsp3) is 0.538. The third-order valence-corrected chi connectivity index (χ3v) is 5.90. The molecule has 1 atom stereocenters. The first-order valence-electron chi connectivity index (χ1n) is 6.21. The molecule has 1 saturated heterocycles. The molecule has 0 spiro atoms. The smallest absolute Gasteiger partial charge is 0.207 e. The number of halogens is 1. The lowest BCUT2D eigenvalue weighted by Crippen LogP contribution is -2.44. The zero-order valence-electron chi connectivity index (χ0n) is 10.5. The zero-order chi connectivity index (χ0) is 13.2. The standard InChI is InChI=1S/C13H18ClNO2S/c1-11-6-2-3-8-13(11)18(16,17)15-9-5-4-7-12(15)10-14/h2-3,6,8,12H,4-5,7,9-10H2,1H3. The predicted octanol–water partition coefficient (Wildman–Crippen LogP) is 2.78. The van der Waals surface area contributed by atoms with Crippen LogP contribution in [0.4, 0.5) is 0 Å². The zero-order valence-corrected chi connectivity index (χ0v) is 12.0. The van der Waals surface area contributed by atoms with E-state index in [-0.39, 0.29) is 6.04 Å². The van der Waals surface area contributed by atoms with Crippen LogP contribution in [0, 0.1) is 6.92 Å². The summed E-state index contributed by atoms with van der Waals surface area (Å²) in [5, 5.41) is 0. The van der Waals surface area contributed by atoms with E-state index in [9.17, 15) is 8.42 Å². The Morgan fingerprint density at radius 2 is 2.06 bits per heavy atom. The first-order chi connectivity index (χ1) is 8.57. The molecular formula is C13H18ClNO2S. The molecule has 1 unspecified atom stereocenters. The summed E-state index contributed by atoms with van der Waals surface area (Å²) in [4.78, 5) is 0.405. The Bertz CT molecular complexity index is 515. The lowest BCUT2D eigenvalue weighted by molar-refractivity contribution is 0.271. The first kappa shape index (κ1) is 13.8. The molecule has 1 fully saturated rings. The summed E-state index contributed by atoms with van der Waals surface area (Å²) < 4.78 is 26.9. The maximum atomic E-state index is 12.6. The molecule has 3 nitrogen and oxygen atoms in total. The Morgan fingerprint density at radius 3 is 2.72 bits per heavy atom. The Balaban J connectivity index is 2.39. The second-order valence-electron chi connectivity index (χ2n) is 4.69. The van der Waals surface area contributed by atoms with Gasteiger partial charge in [0.25, 0.3) is 0 Å². The number of nitrogens with zero attached hydrogens (tertiary/aromatic N) is 1. The van der Waals surface area contributed by atoms with Gasteiger partial charge in [-0.15, -0.1) is 11.6 Å². The van der Waals surface area contributed by atoms with Crippen molar-refractivity contribution in [1.82, 2.24) is 4.31 Å². The minimum atomic E-state index is -3.41. The van der Waals surface area contributed by atoms with E-state index < -0.39 is 10.0 Å². The van der Waals surface area contributed by atoms with E-state index >= 15 is 0 Å². The molecule has 100 valence electrons. The minimum Gasteiger partial charge on any atom is -0.207 e. The molecular weight excluding hydrogens is 270 g/mol. The highest BCUT2D eigenvalue weighted by molar-refractivity contribution is 7.89. The van der Waals surface area contributed by atoms with E-state index in [2.05, 4.69) is 0 Å². The molecule has 0 amide bonds. The molecule has 1 aliphatic rings. The number of hydrogen-bond acceptors (Lipinski definition) is 2. The van der Waals surface area contributed by atoms with Crippen molar-refractivity contribution in [2.24, 2.45) is 0 Å². The van der Waals surface area contributed by atoms with Crippen LogP contribution in [0.5, 0.6) is 0 Å². The fourth-order valence-corrected chi connectivity index (χ4v) is 4.74. The second-order valence-corrected chi connectivity index (χ2v) is 6.85. The molecule has 1 heterocycles. The number of benzene rings is 1. The molecule has 2 rings (SSSR count). The van der Waals surface area contributed by atoms with Gasteiger partial charge in [-0.3, -0.25) is 0 Å². The fourth-order valence-electron chi connectivity index (χ4n) is 2.42. The van der Waals surface area contributed by atoms with E-state index in [0.29, 0.717) is 17.3 Å². The molecule has 0 saturated carbocycles. The number of sulfonamides is 1. The van der Waals surface area contributed by atoms with Crippen LogP contribution in [-0.2, 0) is 10.0 Å². The van der Waals surface area contributed by atoms with Crippen molar-refractivity contribution in [2.45, 2.75) is 37.1 Å². The first-order valence-corrected chi connectivity index (χ1v) is 8.18.